The van der Waals surface area contributed by atoms with Crippen LogP contribution in [0.1, 0.15) is 39.2 Å². The summed E-state index contributed by atoms with van der Waals surface area (Å²) in [6.07, 6.45) is -0.611. The van der Waals surface area contributed by atoms with E-state index >= 15 is 0 Å². The summed E-state index contributed by atoms with van der Waals surface area (Å²) in [5, 5.41) is 23.6. The molecular formula is C24H32BClN2O8. The maximum atomic E-state index is 12.8. The molecule has 10 nitrogen and oxygen atoms in total. The van der Waals surface area contributed by atoms with Crippen molar-refractivity contribution in [1.82, 2.24) is 10.1 Å². The Morgan fingerprint density at radius 2 is 1.83 bits per heavy atom. The molecule has 0 fully saturated rings. The smallest absolute Gasteiger partial charge is 0.413 e. The fourth-order valence-corrected chi connectivity index (χ4v) is 4.23. The van der Waals surface area contributed by atoms with Crippen LogP contribution in [0, 0.1) is 0 Å². The van der Waals surface area contributed by atoms with Crippen LogP contribution in [0.15, 0.2) is 46.8 Å². The minimum atomic E-state index is -1.31. The van der Waals surface area contributed by atoms with E-state index < -0.39 is 36.6 Å². The Morgan fingerprint density at radius 3 is 2.36 bits per heavy atom. The van der Waals surface area contributed by atoms with Crippen LogP contribution in [0.25, 0.3) is 0 Å². The van der Waals surface area contributed by atoms with Crippen molar-refractivity contribution < 1.29 is 38.7 Å². The fourth-order valence-electron chi connectivity index (χ4n) is 3.99. The van der Waals surface area contributed by atoms with Crippen LogP contribution in [0.2, 0.25) is 11.8 Å². The highest BCUT2D eigenvalue weighted by molar-refractivity contribution is 6.46. The number of aliphatic carboxylic acids is 1. The van der Waals surface area contributed by atoms with Gasteiger partial charge in [-0.3, -0.25) is 0 Å². The molecule has 0 spiro atoms. The lowest BCUT2D eigenvalue weighted by atomic mass is 9.74. The van der Waals surface area contributed by atoms with Crippen LogP contribution in [0.5, 0.6) is 0 Å². The highest BCUT2D eigenvalue weighted by Crippen LogP contribution is 2.44. The molecule has 1 amide bonds. The van der Waals surface area contributed by atoms with Gasteiger partial charge in [0.15, 0.2) is 0 Å². The predicted octanol–water partition coefficient (Wildman–Crippen LogP) is 3.18. The minimum absolute atomic E-state index is 0.0344. The third kappa shape index (κ3) is 7.02. The van der Waals surface area contributed by atoms with E-state index in [2.05, 4.69) is 5.32 Å². The second-order valence-corrected chi connectivity index (χ2v) is 9.50. The lowest BCUT2D eigenvalue weighted by molar-refractivity contribution is -0.136. The maximum Gasteiger partial charge on any atom is 0.413 e. The second kappa shape index (κ2) is 12.3. The number of esters is 1. The van der Waals surface area contributed by atoms with Crippen molar-refractivity contribution in [3.8, 4) is 0 Å². The van der Waals surface area contributed by atoms with E-state index in [0.29, 0.717) is 11.3 Å². The topological polar surface area (TPSA) is 135 Å². The van der Waals surface area contributed by atoms with E-state index in [1.165, 1.54) is 18.7 Å². The Balaban J connectivity index is 2.45. The van der Waals surface area contributed by atoms with Gasteiger partial charge in [-0.25, -0.2) is 14.4 Å². The summed E-state index contributed by atoms with van der Waals surface area (Å²) in [5.74, 6) is -3.13. The van der Waals surface area contributed by atoms with Crippen molar-refractivity contribution in [3.63, 3.8) is 0 Å². The number of alkyl carbamates (subject to hydrolysis) is 1. The number of hydrogen-bond donors (Lipinski definition) is 3. The zero-order valence-corrected chi connectivity index (χ0v) is 22.0. The van der Waals surface area contributed by atoms with Crippen molar-refractivity contribution in [2.45, 2.75) is 46.0 Å². The number of ether oxygens (including phenoxy) is 3. The molecule has 36 heavy (non-hydrogen) atoms. The van der Waals surface area contributed by atoms with Gasteiger partial charge in [0.2, 0.25) is 0 Å². The van der Waals surface area contributed by atoms with Gasteiger partial charge in [-0.1, -0.05) is 29.8 Å². The van der Waals surface area contributed by atoms with E-state index in [-0.39, 0.29) is 41.6 Å². The van der Waals surface area contributed by atoms with E-state index in [4.69, 9.17) is 25.8 Å². The first-order valence-corrected chi connectivity index (χ1v) is 11.7. The molecule has 0 bridgehead atoms. The monoisotopic (exact) mass is 522 g/mol. The number of hydrogen-bond acceptors (Lipinski definition) is 8. The molecule has 1 heterocycles. The number of carbonyl (C=O) groups excluding carboxylic acids is 2. The molecule has 1 aliphatic rings. The van der Waals surface area contributed by atoms with Crippen molar-refractivity contribution in [2.75, 3.05) is 26.9 Å². The fraction of sp³-hybridized carbons (Fsp3) is 0.458. The minimum Gasteiger partial charge on any atom is -0.478 e. The van der Waals surface area contributed by atoms with Gasteiger partial charge < -0.3 is 34.5 Å². The molecule has 1 aromatic carbocycles. The molecule has 1 aromatic rings. The first-order valence-electron chi connectivity index (χ1n) is 11.3. The SMILES string of the molecule is COC(=O)C1=C(C)N(B(C)O)C(COCCNC(=O)OC(C)(C)C)=C(C(=O)O)C1c1ccccc1Cl. The molecular weight excluding hydrogens is 491 g/mol. The van der Waals surface area contributed by atoms with Crippen molar-refractivity contribution in [2.24, 2.45) is 0 Å². The van der Waals surface area contributed by atoms with Crippen molar-refractivity contribution >= 4 is 36.7 Å². The number of carboxylic acids is 1. The lowest BCUT2D eigenvalue weighted by Gasteiger charge is -2.39. The van der Waals surface area contributed by atoms with E-state index in [1.54, 1.807) is 52.0 Å². The van der Waals surface area contributed by atoms with Crippen LogP contribution in [0.4, 0.5) is 4.79 Å². The Kier molecular flexibility index (Phi) is 9.97. The Morgan fingerprint density at radius 1 is 1.19 bits per heavy atom. The molecule has 0 saturated carbocycles. The molecule has 1 atom stereocenters. The van der Waals surface area contributed by atoms with Gasteiger partial charge in [-0.2, -0.15) is 0 Å². The van der Waals surface area contributed by atoms with Crippen LogP contribution in [0.3, 0.4) is 0 Å². The lowest BCUT2D eigenvalue weighted by Crippen LogP contribution is -2.44. The van der Waals surface area contributed by atoms with Gasteiger partial charge >= 0.3 is 25.1 Å². The normalized spacial score (nSPS) is 16.1. The zero-order chi connectivity index (χ0) is 27.2. The molecule has 0 radical (unpaired) electrons. The quantitative estimate of drug-likeness (QED) is 0.254. The number of nitrogens with one attached hydrogen (secondary N) is 1. The molecule has 0 aromatic heterocycles. The number of carboxylic acid groups (broad SMARTS) is 1. The number of benzene rings is 1. The Bertz CT molecular complexity index is 1060. The molecule has 1 unspecified atom stereocenters. The van der Waals surface area contributed by atoms with Crippen LogP contribution in [-0.4, -0.2) is 72.5 Å². The summed E-state index contributed by atoms with van der Waals surface area (Å²) in [6, 6.07) is 6.61. The third-order valence-electron chi connectivity index (χ3n) is 5.31. The number of amides is 1. The third-order valence-corrected chi connectivity index (χ3v) is 5.65. The molecule has 196 valence electrons. The van der Waals surface area contributed by atoms with Gasteiger partial charge in [0.1, 0.15) is 5.60 Å². The summed E-state index contributed by atoms with van der Waals surface area (Å²) < 4.78 is 15.8. The highest BCUT2D eigenvalue weighted by Gasteiger charge is 2.43. The molecule has 0 aliphatic carbocycles. The van der Waals surface area contributed by atoms with Gasteiger partial charge in [0.05, 0.1) is 37.4 Å². The van der Waals surface area contributed by atoms with E-state index in [0.717, 1.165) is 0 Å². The predicted molar refractivity (Wildman–Crippen MR) is 134 cm³/mol. The second-order valence-electron chi connectivity index (χ2n) is 9.09. The van der Waals surface area contributed by atoms with Gasteiger partial charge in [0, 0.05) is 23.0 Å². The summed E-state index contributed by atoms with van der Waals surface area (Å²) in [5.41, 5.74) is 0.0445. The van der Waals surface area contributed by atoms with Crippen molar-refractivity contribution in [1.29, 1.82) is 0 Å². The average Bonchev–Trinajstić information content (AvgIpc) is 2.76. The van der Waals surface area contributed by atoms with Crippen LogP contribution < -0.4 is 5.32 Å². The highest BCUT2D eigenvalue weighted by atomic mass is 35.5. The van der Waals surface area contributed by atoms with Gasteiger partial charge in [-0.05, 0) is 46.1 Å². The number of allylic oxidation sites excluding steroid dienone is 1. The van der Waals surface area contributed by atoms with Gasteiger partial charge in [0.25, 0.3) is 0 Å². The number of rotatable bonds is 9. The average molecular weight is 523 g/mol. The maximum absolute atomic E-state index is 12.8. The first kappa shape index (κ1) is 29.2. The number of methoxy groups -OCH3 is 1. The summed E-state index contributed by atoms with van der Waals surface area (Å²) >= 11 is 6.42. The van der Waals surface area contributed by atoms with E-state index in [9.17, 15) is 24.5 Å². The van der Waals surface area contributed by atoms with Crippen LogP contribution >= 0.6 is 11.6 Å². The summed E-state index contributed by atoms with van der Waals surface area (Å²) in [6.45, 7) is 8.17. The first-order chi connectivity index (χ1) is 16.8. The summed E-state index contributed by atoms with van der Waals surface area (Å²) in [4.78, 5) is 38.6. The largest absolute Gasteiger partial charge is 0.478 e. The zero-order valence-electron chi connectivity index (χ0n) is 21.3. The number of halogens is 1. The molecule has 1 aliphatic heterocycles. The number of nitrogens with zero attached hydrogens (tertiary/aromatic N) is 1. The Labute approximate surface area is 216 Å². The van der Waals surface area contributed by atoms with E-state index in [1.807, 2.05) is 0 Å². The van der Waals surface area contributed by atoms with Crippen molar-refractivity contribution in [3.05, 3.63) is 57.4 Å². The summed E-state index contributed by atoms with van der Waals surface area (Å²) in [7, 11) is 0.00379. The number of carbonyl (C=O) groups is 3. The Hall–Kier alpha value is -3.02. The standard InChI is InChI=1S/C24H32BClN2O8/c1-14-18(22(31)34-6)19(15-9-7-8-10-16(15)26)20(21(29)30)17(28(14)25(5)33)13-35-12-11-27-23(32)36-24(2,3)4/h7-10,19,33H,11-13H2,1-6H3,(H,27,32)(H,29,30). The molecule has 12 heteroatoms. The van der Waals surface area contributed by atoms with Crippen LogP contribution in [-0.2, 0) is 23.8 Å². The molecule has 2 rings (SSSR count). The van der Waals surface area contributed by atoms with Gasteiger partial charge in [-0.15, -0.1) is 0 Å². The molecule has 3 N–H and O–H groups in total. The molecule has 0 saturated heterocycles.